The molecule has 3 saturated heterocycles. The number of hydrogen-bond acceptors (Lipinski definition) is 12. The van der Waals surface area contributed by atoms with Crippen molar-refractivity contribution in [3.63, 3.8) is 0 Å². The summed E-state index contributed by atoms with van der Waals surface area (Å²) in [4.78, 5) is 86.1. The molecule has 0 radical (unpaired) electrons. The third kappa shape index (κ3) is 7.92. The Bertz CT molecular complexity index is 2940. The van der Waals surface area contributed by atoms with Crippen LogP contribution in [0.25, 0.3) is 22.0 Å². The molecule has 3 aromatic carbocycles. The van der Waals surface area contributed by atoms with E-state index in [2.05, 4.69) is 46.5 Å². The number of piperazine rings is 2. The first-order valence-corrected chi connectivity index (χ1v) is 23.5. The van der Waals surface area contributed by atoms with Gasteiger partial charge in [0.2, 0.25) is 11.8 Å². The number of anilines is 4. The van der Waals surface area contributed by atoms with Crippen molar-refractivity contribution in [1.82, 2.24) is 44.3 Å². The molecule has 6 aromatic rings. The van der Waals surface area contributed by atoms with E-state index in [9.17, 15) is 24.0 Å². The molecule has 5 aliphatic heterocycles. The number of aryl methyl sites for hydroxylation is 2. The summed E-state index contributed by atoms with van der Waals surface area (Å²) >= 11 is 1.28. The molecule has 6 amide bonds. The molecule has 67 heavy (non-hydrogen) atoms. The van der Waals surface area contributed by atoms with Crippen LogP contribution in [0.4, 0.5) is 31.5 Å². The van der Waals surface area contributed by atoms with Gasteiger partial charge in [0.05, 0.1) is 30.6 Å². The number of imide groups is 1. The SMILES string of the molecule is Cn1nc(N2CCC(=O)NC2=O)c2ccc(N3CCN(CC(=O)N4CCN(c5ccc(-c6cc(F)c7c(c6)C(=O)N(C(C(=O)Nc6nccs6)c6ncn8c6CCC8)C7)cc5)CC4)CC3)cc21. The molecule has 1 unspecified atom stereocenters. The first-order chi connectivity index (χ1) is 32.6. The minimum Gasteiger partial charge on any atom is -0.369 e. The largest absolute Gasteiger partial charge is 0.369 e. The average Bonchev–Trinajstić information content (AvgIpc) is 4.20. The Morgan fingerprint density at radius 3 is 2.37 bits per heavy atom. The second kappa shape index (κ2) is 17.2. The summed E-state index contributed by atoms with van der Waals surface area (Å²) in [5, 5.41) is 12.8. The van der Waals surface area contributed by atoms with Gasteiger partial charge in [-0.25, -0.2) is 19.2 Å². The van der Waals surface area contributed by atoms with Gasteiger partial charge in [-0.15, -0.1) is 11.3 Å². The number of amides is 6. The molecule has 8 heterocycles. The van der Waals surface area contributed by atoms with Gasteiger partial charge in [0, 0.05) is 124 Å². The van der Waals surface area contributed by atoms with E-state index in [1.165, 1.54) is 27.2 Å². The number of urea groups is 1. The van der Waals surface area contributed by atoms with E-state index in [-0.39, 0.29) is 42.5 Å². The van der Waals surface area contributed by atoms with Crippen LogP contribution >= 0.6 is 11.3 Å². The molecule has 1 atom stereocenters. The molecule has 3 aromatic heterocycles. The second-order valence-corrected chi connectivity index (χ2v) is 18.5. The fourth-order valence-electron chi connectivity index (χ4n) is 10.1. The van der Waals surface area contributed by atoms with Crippen molar-refractivity contribution in [3.8, 4) is 11.1 Å². The zero-order valence-electron chi connectivity index (χ0n) is 36.9. The fourth-order valence-corrected chi connectivity index (χ4v) is 10.6. The average molecular weight is 926 g/mol. The number of rotatable bonds is 10. The van der Waals surface area contributed by atoms with Gasteiger partial charge in [-0.05, 0) is 66.4 Å². The van der Waals surface area contributed by atoms with Crippen molar-refractivity contribution in [2.24, 2.45) is 7.05 Å². The van der Waals surface area contributed by atoms with E-state index >= 15 is 4.39 Å². The van der Waals surface area contributed by atoms with Crippen LogP contribution < -0.4 is 25.3 Å². The highest BCUT2D eigenvalue weighted by Crippen LogP contribution is 2.38. The summed E-state index contributed by atoms with van der Waals surface area (Å²) in [6.45, 7) is 6.93. The number of halogens is 1. The molecule has 20 heteroatoms. The molecule has 18 nitrogen and oxygen atoms in total. The van der Waals surface area contributed by atoms with Crippen molar-refractivity contribution in [2.45, 2.75) is 38.4 Å². The normalized spacial score (nSPS) is 18.2. The smallest absolute Gasteiger partial charge is 0.329 e. The maximum Gasteiger partial charge on any atom is 0.329 e. The molecule has 344 valence electrons. The van der Waals surface area contributed by atoms with Gasteiger partial charge in [-0.1, -0.05) is 12.1 Å². The number of benzene rings is 3. The number of aromatic nitrogens is 5. The van der Waals surface area contributed by atoms with E-state index < -0.39 is 29.7 Å². The number of carbonyl (C=O) groups excluding carboxylic acids is 5. The maximum atomic E-state index is 16.0. The van der Waals surface area contributed by atoms with Crippen molar-refractivity contribution >= 4 is 74.2 Å². The summed E-state index contributed by atoms with van der Waals surface area (Å²) in [5.41, 5.74) is 6.15. The molecule has 0 spiro atoms. The van der Waals surface area contributed by atoms with Crippen LogP contribution in [0.15, 0.2) is 72.5 Å². The molecule has 0 aliphatic carbocycles. The van der Waals surface area contributed by atoms with E-state index in [0.29, 0.717) is 54.9 Å². The van der Waals surface area contributed by atoms with Crippen molar-refractivity contribution < 1.29 is 28.4 Å². The summed E-state index contributed by atoms with van der Waals surface area (Å²) in [6.07, 6.45) is 5.18. The first-order valence-electron chi connectivity index (χ1n) is 22.6. The molecule has 11 rings (SSSR count). The number of nitrogens with zero attached hydrogens (tertiary/aromatic N) is 11. The topological polar surface area (TPSA) is 177 Å². The van der Waals surface area contributed by atoms with Crippen LogP contribution in [0, 0.1) is 5.82 Å². The molecular weight excluding hydrogens is 878 g/mol. The molecule has 2 N–H and O–H groups in total. The Morgan fingerprint density at radius 1 is 0.851 bits per heavy atom. The number of thiazole rings is 1. The standard InChI is InChI=1S/C47H48FN13O5S/c1-54-38-25-32(8-9-33(38)43(53-54)60-13-10-39(62)51-47(60)66)57-16-14-55(15-17-57)27-40(63)58-20-18-56(19-21-58)31-6-4-29(5-7-31)30-23-34-35(36(48)24-30)26-61(45(34)65)42(44(64)52-46-49-11-22-67-46)41-37-3-2-12-59(37)28-50-41/h4-9,11,22-25,28,42H,2-3,10,12-21,26-27H2,1H3,(H,49,52,64)(H,51,62,66). The zero-order chi connectivity index (χ0) is 45.9. The Kier molecular flexibility index (Phi) is 10.9. The van der Waals surface area contributed by atoms with Crippen LogP contribution in [0.2, 0.25) is 0 Å². The highest BCUT2D eigenvalue weighted by Gasteiger charge is 2.42. The monoisotopic (exact) mass is 925 g/mol. The highest BCUT2D eigenvalue weighted by molar-refractivity contribution is 7.13. The fraction of sp³-hybridized carbons (Fsp3) is 0.362. The predicted octanol–water partition coefficient (Wildman–Crippen LogP) is 4.23. The first kappa shape index (κ1) is 42.4. The van der Waals surface area contributed by atoms with Gasteiger partial charge < -0.3 is 24.2 Å². The number of imidazole rings is 1. The Hall–Kier alpha value is -7.19. The molecule has 0 bridgehead atoms. The van der Waals surface area contributed by atoms with E-state index in [1.807, 2.05) is 52.9 Å². The minimum atomic E-state index is -1.06. The summed E-state index contributed by atoms with van der Waals surface area (Å²) in [7, 11) is 1.85. The Labute approximate surface area is 388 Å². The van der Waals surface area contributed by atoms with Gasteiger partial charge in [0.1, 0.15) is 5.82 Å². The number of fused-ring (bicyclic) bond motifs is 3. The third-order valence-corrected chi connectivity index (χ3v) is 14.4. The van der Waals surface area contributed by atoms with Crippen molar-refractivity contribution in [1.29, 1.82) is 0 Å². The van der Waals surface area contributed by atoms with Gasteiger partial charge in [-0.3, -0.25) is 44.3 Å². The second-order valence-electron chi connectivity index (χ2n) is 17.6. The maximum absolute atomic E-state index is 16.0. The third-order valence-electron chi connectivity index (χ3n) is 13.7. The molecular formula is C47H48FN13O5S. The van der Waals surface area contributed by atoms with Crippen LogP contribution in [-0.4, -0.2) is 134 Å². The lowest BCUT2D eigenvalue weighted by Crippen LogP contribution is -2.54. The van der Waals surface area contributed by atoms with Crippen molar-refractivity contribution in [2.75, 3.05) is 85.5 Å². The van der Waals surface area contributed by atoms with Gasteiger partial charge in [-0.2, -0.15) is 5.10 Å². The quantitative estimate of drug-likeness (QED) is 0.201. The minimum absolute atomic E-state index is 0.0609. The predicted molar refractivity (Wildman–Crippen MR) is 249 cm³/mol. The highest BCUT2D eigenvalue weighted by atomic mass is 32.1. The Balaban J connectivity index is 0.690. The zero-order valence-corrected chi connectivity index (χ0v) is 37.7. The lowest BCUT2D eigenvalue weighted by Gasteiger charge is -2.39. The lowest BCUT2D eigenvalue weighted by atomic mass is 9.99. The lowest BCUT2D eigenvalue weighted by molar-refractivity contribution is -0.132. The van der Waals surface area contributed by atoms with Crippen molar-refractivity contribution in [3.05, 3.63) is 101 Å². The Morgan fingerprint density at radius 2 is 1.61 bits per heavy atom. The molecule has 5 aliphatic rings. The van der Waals surface area contributed by atoms with E-state index in [4.69, 9.17) is 0 Å². The van der Waals surface area contributed by atoms with Gasteiger partial charge >= 0.3 is 6.03 Å². The molecule has 3 fully saturated rings. The summed E-state index contributed by atoms with van der Waals surface area (Å²) < 4.78 is 19.7. The van der Waals surface area contributed by atoms with Crippen LogP contribution in [0.5, 0.6) is 0 Å². The van der Waals surface area contributed by atoms with Gasteiger partial charge in [0.15, 0.2) is 17.0 Å². The summed E-state index contributed by atoms with van der Waals surface area (Å²) in [6, 6.07) is 15.6. The summed E-state index contributed by atoms with van der Waals surface area (Å²) in [5.74, 6) is -1.01. The number of nitrogens with one attached hydrogen (secondary N) is 2. The number of hydrogen-bond donors (Lipinski definition) is 2. The molecule has 0 saturated carbocycles. The van der Waals surface area contributed by atoms with Crippen LogP contribution in [0.3, 0.4) is 0 Å². The van der Waals surface area contributed by atoms with Gasteiger partial charge in [0.25, 0.3) is 11.8 Å². The number of carbonyl (C=O) groups is 5. The van der Waals surface area contributed by atoms with Crippen LogP contribution in [-0.2, 0) is 40.9 Å². The van der Waals surface area contributed by atoms with E-state index in [0.717, 1.165) is 79.1 Å². The van der Waals surface area contributed by atoms with Crippen LogP contribution in [0.1, 0.15) is 46.2 Å². The van der Waals surface area contributed by atoms with E-state index in [1.54, 1.807) is 28.7 Å².